The molecule has 102 valence electrons. The normalized spacial score (nSPS) is 24.2. The standard InChI is InChI=1S/C10H16N2O5S/c1-6(9(13)14)7(2)11-10(15)12-8-3-4-18(16,17)5-8/h3-4,6-8H,5H2,1-2H3,(H,13,14)(H2,11,12,15). The number of carbonyl (C=O) groups excluding carboxylic acids is 1. The van der Waals surface area contributed by atoms with E-state index in [9.17, 15) is 18.0 Å². The number of carbonyl (C=O) groups is 2. The van der Waals surface area contributed by atoms with Crippen LogP contribution in [0.1, 0.15) is 13.8 Å². The van der Waals surface area contributed by atoms with Crippen LogP contribution >= 0.6 is 0 Å². The van der Waals surface area contributed by atoms with Crippen molar-refractivity contribution in [2.75, 3.05) is 5.75 Å². The average molecular weight is 276 g/mol. The van der Waals surface area contributed by atoms with Gasteiger partial charge in [0.15, 0.2) is 9.84 Å². The van der Waals surface area contributed by atoms with Gasteiger partial charge in [0.1, 0.15) is 0 Å². The zero-order valence-corrected chi connectivity index (χ0v) is 10.9. The Morgan fingerprint density at radius 2 is 2.00 bits per heavy atom. The second kappa shape index (κ2) is 5.38. The third-order valence-electron chi connectivity index (χ3n) is 2.74. The summed E-state index contributed by atoms with van der Waals surface area (Å²) in [6.45, 7) is 3.05. The molecule has 3 unspecified atom stereocenters. The second-order valence-electron chi connectivity index (χ2n) is 4.30. The minimum atomic E-state index is -3.22. The van der Waals surface area contributed by atoms with Gasteiger partial charge in [0.05, 0.1) is 17.7 Å². The topological polar surface area (TPSA) is 113 Å². The molecule has 0 spiro atoms. The summed E-state index contributed by atoms with van der Waals surface area (Å²) in [5, 5.41) is 14.7. The molecule has 0 aliphatic carbocycles. The Balaban J connectivity index is 2.44. The maximum Gasteiger partial charge on any atom is 0.315 e. The average Bonchev–Trinajstić information content (AvgIpc) is 2.56. The van der Waals surface area contributed by atoms with Crippen LogP contribution in [-0.4, -0.2) is 43.4 Å². The van der Waals surface area contributed by atoms with Crippen LogP contribution in [-0.2, 0) is 14.6 Å². The van der Waals surface area contributed by atoms with E-state index in [1.807, 2.05) is 0 Å². The molecule has 0 aromatic carbocycles. The summed E-state index contributed by atoms with van der Waals surface area (Å²) in [6.07, 6.45) is 1.39. The molecular weight excluding hydrogens is 260 g/mol. The number of nitrogens with one attached hydrogen (secondary N) is 2. The van der Waals surface area contributed by atoms with Crippen molar-refractivity contribution in [1.82, 2.24) is 10.6 Å². The highest BCUT2D eigenvalue weighted by Gasteiger charge is 2.25. The van der Waals surface area contributed by atoms with E-state index in [-0.39, 0.29) is 5.75 Å². The van der Waals surface area contributed by atoms with Crippen LogP contribution in [0.15, 0.2) is 11.5 Å². The van der Waals surface area contributed by atoms with E-state index in [4.69, 9.17) is 5.11 Å². The molecule has 0 fully saturated rings. The molecule has 0 aromatic rings. The van der Waals surface area contributed by atoms with E-state index in [1.165, 1.54) is 13.0 Å². The molecule has 3 atom stereocenters. The first kappa shape index (κ1) is 14.5. The number of carboxylic acids is 1. The number of urea groups is 1. The van der Waals surface area contributed by atoms with E-state index in [0.717, 1.165) is 5.41 Å². The van der Waals surface area contributed by atoms with Crippen LogP contribution in [0, 0.1) is 5.92 Å². The van der Waals surface area contributed by atoms with Crippen LogP contribution in [0.2, 0.25) is 0 Å². The van der Waals surface area contributed by atoms with Crippen molar-refractivity contribution in [2.45, 2.75) is 25.9 Å². The van der Waals surface area contributed by atoms with Gasteiger partial charge in [-0.2, -0.15) is 0 Å². The molecule has 1 rings (SSSR count). The Morgan fingerprint density at radius 3 is 2.44 bits per heavy atom. The van der Waals surface area contributed by atoms with Crippen molar-refractivity contribution < 1.29 is 23.1 Å². The molecule has 3 N–H and O–H groups in total. The van der Waals surface area contributed by atoms with Crippen molar-refractivity contribution in [2.24, 2.45) is 5.92 Å². The lowest BCUT2D eigenvalue weighted by Crippen LogP contribution is -2.48. The van der Waals surface area contributed by atoms with E-state index in [0.29, 0.717) is 0 Å². The lowest BCUT2D eigenvalue weighted by Gasteiger charge is -2.19. The summed E-state index contributed by atoms with van der Waals surface area (Å²) in [5.41, 5.74) is 0. The largest absolute Gasteiger partial charge is 0.481 e. The van der Waals surface area contributed by atoms with Crippen LogP contribution in [0.25, 0.3) is 0 Å². The molecule has 2 amide bonds. The van der Waals surface area contributed by atoms with E-state index in [1.54, 1.807) is 6.92 Å². The zero-order valence-electron chi connectivity index (χ0n) is 10.1. The summed E-state index contributed by atoms with van der Waals surface area (Å²) < 4.78 is 22.2. The van der Waals surface area contributed by atoms with Gasteiger partial charge in [-0.1, -0.05) is 0 Å². The van der Waals surface area contributed by atoms with E-state index < -0.39 is 39.8 Å². The lowest BCUT2D eigenvalue weighted by molar-refractivity contribution is -0.141. The molecule has 0 radical (unpaired) electrons. The van der Waals surface area contributed by atoms with Gasteiger partial charge in [0.2, 0.25) is 0 Å². The monoisotopic (exact) mass is 276 g/mol. The highest BCUT2D eigenvalue weighted by Crippen LogP contribution is 2.08. The number of sulfone groups is 1. The first-order chi connectivity index (χ1) is 8.21. The van der Waals surface area contributed by atoms with Gasteiger partial charge in [0, 0.05) is 11.4 Å². The highest BCUT2D eigenvalue weighted by molar-refractivity contribution is 7.94. The van der Waals surface area contributed by atoms with E-state index >= 15 is 0 Å². The van der Waals surface area contributed by atoms with Crippen LogP contribution < -0.4 is 10.6 Å². The maximum atomic E-state index is 11.5. The van der Waals surface area contributed by atoms with Crippen molar-refractivity contribution in [3.8, 4) is 0 Å². The van der Waals surface area contributed by atoms with Crippen LogP contribution in [0.3, 0.4) is 0 Å². The molecule has 1 aliphatic rings. The predicted molar refractivity (Wildman–Crippen MR) is 64.6 cm³/mol. The number of rotatable bonds is 4. The number of amides is 2. The first-order valence-corrected chi connectivity index (χ1v) is 7.13. The van der Waals surface area contributed by atoms with Crippen molar-refractivity contribution >= 4 is 21.8 Å². The smallest absolute Gasteiger partial charge is 0.315 e. The summed E-state index contributed by atoms with van der Waals surface area (Å²) in [4.78, 5) is 22.2. The fourth-order valence-corrected chi connectivity index (χ4v) is 2.66. The number of aliphatic carboxylic acids is 1. The Morgan fingerprint density at radius 1 is 1.39 bits per heavy atom. The molecule has 1 heterocycles. The first-order valence-electron chi connectivity index (χ1n) is 5.42. The van der Waals surface area contributed by atoms with Crippen molar-refractivity contribution in [3.05, 3.63) is 11.5 Å². The van der Waals surface area contributed by atoms with Crippen molar-refractivity contribution in [3.63, 3.8) is 0 Å². The summed E-state index contributed by atoms with van der Waals surface area (Å²) in [6, 6.07) is -1.70. The second-order valence-corrected chi connectivity index (χ2v) is 6.23. The Labute approximate surface area is 105 Å². The Kier molecular flexibility index (Phi) is 4.33. The van der Waals surface area contributed by atoms with Gasteiger partial charge in [-0.25, -0.2) is 13.2 Å². The number of hydrogen-bond acceptors (Lipinski definition) is 4. The summed E-state index contributed by atoms with van der Waals surface area (Å²) in [7, 11) is -3.22. The Hall–Kier alpha value is -1.57. The Bertz CT molecular complexity index is 471. The van der Waals surface area contributed by atoms with Gasteiger partial charge in [0.25, 0.3) is 0 Å². The molecule has 0 saturated heterocycles. The minimum absolute atomic E-state index is 0.163. The van der Waals surface area contributed by atoms with Gasteiger partial charge in [-0.15, -0.1) is 0 Å². The van der Waals surface area contributed by atoms with E-state index in [2.05, 4.69) is 10.6 Å². The quantitative estimate of drug-likeness (QED) is 0.653. The van der Waals surface area contributed by atoms with Crippen molar-refractivity contribution in [1.29, 1.82) is 0 Å². The molecule has 1 aliphatic heterocycles. The fraction of sp³-hybridized carbons (Fsp3) is 0.600. The minimum Gasteiger partial charge on any atom is -0.481 e. The molecule has 0 bridgehead atoms. The van der Waals surface area contributed by atoms with Gasteiger partial charge in [-0.3, -0.25) is 4.79 Å². The predicted octanol–water partition coefficient (Wildman–Crippen LogP) is -0.294. The van der Waals surface area contributed by atoms with Gasteiger partial charge < -0.3 is 15.7 Å². The molecular formula is C10H16N2O5S. The number of carboxylic acid groups (broad SMARTS) is 1. The molecule has 7 nitrogen and oxygen atoms in total. The SMILES string of the molecule is CC(NC(=O)NC1C=CS(=O)(=O)C1)C(C)C(=O)O. The summed E-state index contributed by atoms with van der Waals surface area (Å²) >= 11 is 0. The third-order valence-corrected chi connectivity index (χ3v) is 4.14. The fourth-order valence-electron chi connectivity index (χ4n) is 1.42. The van der Waals surface area contributed by atoms with Crippen LogP contribution in [0.4, 0.5) is 4.79 Å². The van der Waals surface area contributed by atoms with Gasteiger partial charge >= 0.3 is 12.0 Å². The van der Waals surface area contributed by atoms with Crippen LogP contribution in [0.5, 0.6) is 0 Å². The highest BCUT2D eigenvalue weighted by atomic mass is 32.2. The third kappa shape index (κ3) is 4.02. The molecule has 0 saturated carbocycles. The molecule has 8 heteroatoms. The lowest BCUT2D eigenvalue weighted by atomic mass is 10.0. The summed E-state index contributed by atoms with van der Waals surface area (Å²) in [5.74, 6) is -1.90. The molecule has 18 heavy (non-hydrogen) atoms. The number of hydrogen-bond donors (Lipinski definition) is 3. The van der Waals surface area contributed by atoms with Gasteiger partial charge in [-0.05, 0) is 19.9 Å². The zero-order chi connectivity index (χ0) is 13.9. The molecule has 0 aromatic heterocycles. The maximum absolute atomic E-state index is 11.5.